The highest BCUT2D eigenvalue weighted by atomic mass is 16.5. The van der Waals surface area contributed by atoms with Crippen molar-refractivity contribution in [3.8, 4) is 0 Å². The van der Waals surface area contributed by atoms with Crippen molar-refractivity contribution in [3.05, 3.63) is 0 Å². The Morgan fingerprint density at radius 1 is 1.33 bits per heavy atom. The van der Waals surface area contributed by atoms with Crippen LogP contribution in [-0.4, -0.2) is 18.9 Å². The molecule has 0 unspecified atom stereocenters. The van der Waals surface area contributed by atoms with Crippen LogP contribution in [0.1, 0.15) is 26.7 Å². The van der Waals surface area contributed by atoms with Crippen molar-refractivity contribution in [2.45, 2.75) is 26.7 Å². The number of ether oxygens (including phenoxy) is 1. The minimum absolute atomic E-state index is 0.0225. The third kappa shape index (κ3) is 1.24. The topological polar surface area (TPSA) is 43.4 Å². The van der Waals surface area contributed by atoms with E-state index in [0.717, 1.165) is 0 Å². The van der Waals surface area contributed by atoms with Crippen LogP contribution in [-0.2, 0) is 14.3 Å². The molecule has 3 heteroatoms. The first kappa shape index (κ1) is 9.23. The first-order valence-electron chi connectivity index (χ1n) is 4.17. The molecule has 68 valence electrons. The van der Waals surface area contributed by atoms with E-state index in [2.05, 4.69) is 4.74 Å². The van der Waals surface area contributed by atoms with Crippen molar-refractivity contribution in [2.24, 2.45) is 11.3 Å². The molecule has 1 fully saturated rings. The van der Waals surface area contributed by atoms with Crippen LogP contribution in [0.25, 0.3) is 0 Å². The summed E-state index contributed by atoms with van der Waals surface area (Å²) in [6.45, 7) is 3.62. The summed E-state index contributed by atoms with van der Waals surface area (Å²) in [5.74, 6) is -0.415. The van der Waals surface area contributed by atoms with E-state index in [1.807, 2.05) is 13.8 Å². The van der Waals surface area contributed by atoms with Gasteiger partial charge in [-0.15, -0.1) is 0 Å². The largest absolute Gasteiger partial charge is 0.468 e. The van der Waals surface area contributed by atoms with Crippen molar-refractivity contribution in [1.82, 2.24) is 0 Å². The maximum absolute atomic E-state index is 11.5. The third-order valence-electron chi connectivity index (χ3n) is 2.32. The molecule has 1 aliphatic rings. The van der Waals surface area contributed by atoms with Crippen LogP contribution in [0.5, 0.6) is 0 Å². The van der Waals surface area contributed by atoms with Crippen LogP contribution in [0, 0.1) is 11.3 Å². The minimum atomic E-state index is -0.761. The molecular formula is C9H14O3. The fourth-order valence-corrected chi connectivity index (χ4v) is 1.42. The zero-order valence-corrected chi connectivity index (χ0v) is 7.72. The summed E-state index contributed by atoms with van der Waals surface area (Å²) in [6, 6.07) is 0. The summed E-state index contributed by atoms with van der Waals surface area (Å²) in [6.07, 6.45) is 1.33. The highest BCUT2D eigenvalue weighted by molar-refractivity contribution is 6.07. The molecule has 0 heterocycles. The van der Waals surface area contributed by atoms with Gasteiger partial charge < -0.3 is 4.74 Å². The lowest BCUT2D eigenvalue weighted by molar-refractivity contribution is -0.152. The van der Waals surface area contributed by atoms with E-state index in [1.54, 1.807) is 0 Å². The van der Waals surface area contributed by atoms with Crippen LogP contribution in [0.2, 0.25) is 0 Å². The summed E-state index contributed by atoms with van der Waals surface area (Å²) in [4.78, 5) is 22.7. The molecular weight excluding hydrogens is 156 g/mol. The van der Waals surface area contributed by atoms with Crippen LogP contribution in [0.4, 0.5) is 0 Å². The number of hydrogen-bond donors (Lipinski definition) is 0. The van der Waals surface area contributed by atoms with Crippen molar-refractivity contribution in [2.75, 3.05) is 7.11 Å². The molecule has 0 amide bonds. The van der Waals surface area contributed by atoms with Crippen molar-refractivity contribution < 1.29 is 14.3 Å². The highest BCUT2D eigenvalue weighted by Gasteiger charge is 2.57. The zero-order valence-electron chi connectivity index (χ0n) is 7.72. The molecule has 12 heavy (non-hydrogen) atoms. The summed E-state index contributed by atoms with van der Waals surface area (Å²) < 4.78 is 4.59. The second-order valence-electron chi connectivity index (χ2n) is 3.59. The third-order valence-corrected chi connectivity index (χ3v) is 2.32. The summed E-state index contributed by atoms with van der Waals surface area (Å²) >= 11 is 0. The number of rotatable bonds is 3. The monoisotopic (exact) mass is 170 g/mol. The molecule has 1 aliphatic carbocycles. The predicted octanol–water partition coefficient (Wildman–Crippen LogP) is 1.16. The number of carbonyl (C=O) groups excluding carboxylic acids is 2. The Bertz CT molecular complexity index is 214. The minimum Gasteiger partial charge on any atom is -0.468 e. The number of hydrogen-bond acceptors (Lipinski definition) is 3. The van der Waals surface area contributed by atoms with Gasteiger partial charge in [0.2, 0.25) is 0 Å². The summed E-state index contributed by atoms with van der Waals surface area (Å²) in [5, 5.41) is 0. The predicted molar refractivity (Wildman–Crippen MR) is 43.5 cm³/mol. The number of Topliss-reactive ketones (excluding diaryl/α,β-unsaturated/α-hetero) is 1. The maximum Gasteiger partial charge on any atom is 0.319 e. The standard InChI is InChI=1S/C9H14O3/c1-6(2)7(10)9(4-5-9)8(11)12-3/h6H,4-5H2,1-3H3. The SMILES string of the molecule is COC(=O)C1(C(=O)C(C)C)CC1. The molecule has 0 aromatic rings. The molecule has 0 saturated heterocycles. The molecule has 0 aliphatic heterocycles. The van der Waals surface area contributed by atoms with Crippen LogP contribution < -0.4 is 0 Å². The second kappa shape index (κ2) is 2.88. The van der Waals surface area contributed by atoms with E-state index in [1.165, 1.54) is 7.11 Å². The van der Waals surface area contributed by atoms with Gasteiger partial charge in [-0.25, -0.2) is 0 Å². The van der Waals surface area contributed by atoms with Gasteiger partial charge in [0.05, 0.1) is 7.11 Å². The van der Waals surface area contributed by atoms with Gasteiger partial charge in [-0.3, -0.25) is 9.59 Å². The van der Waals surface area contributed by atoms with Gasteiger partial charge >= 0.3 is 5.97 Å². The number of methoxy groups -OCH3 is 1. The number of esters is 1. The van der Waals surface area contributed by atoms with Gasteiger partial charge in [-0.05, 0) is 12.8 Å². The van der Waals surface area contributed by atoms with Gasteiger partial charge in [-0.2, -0.15) is 0 Å². The smallest absolute Gasteiger partial charge is 0.319 e. The van der Waals surface area contributed by atoms with Crippen LogP contribution in [0.15, 0.2) is 0 Å². The second-order valence-corrected chi connectivity index (χ2v) is 3.59. The van der Waals surface area contributed by atoms with E-state index in [-0.39, 0.29) is 17.7 Å². The van der Waals surface area contributed by atoms with E-state index >= 15 is 0 Å². The first-order valence-corrected chi connectivity index (χ1v) is 4.17. The average Bonchev–Trinajstić information content (AvgIpc) is 2.82. The lowest BCUT2D eigenvalue weighted by atomic mass is 9.92. The fraction of sp³-hybridized carbons (Fsp3) is 0.778. The van der Waals surface area contributed by atoms with Crippen molar-refractivity contribution in [3.63, 3.8) is 0 Å². The van der Waals surface area contributed by atoms with Gasteiger partial charge in [0.15, 0.2) is 5.78 Å². The van der Waals surface area contributed by atoms with Crippen molar-refractivity contribution >= 4 is 11.8 Å². The molecule has 0 bridgehead atoms. The number of ketones is 1. The van der Waals surface area contributed by atoms with E-state index in [0.29, 0.717) is 12.8 Å². The maximum atomic E-state index is 11.5. The summed E-state index contributed by atoms with van der Waals surface area (Å²) in [7, 11) is 1.33. The summed E-state index contributed by atoms with van der Waals surface area (Å²) in [5.41, 5.74) is -0.761. The fourth-order valence-electron chi connectivity index (χ4n) is 1.42. The average molecular weight is 170 g/mol. The lowest BCUT2D eigenvalue weighted by Crippen LogP contribution is -2.30. The molecule has 0 atom stereocenters. The van der Waals surface area contributed by atoms with Crippen LogP contribution >= 0.6 is 0 Å². The molecule has 0 radical (unpaired) electrons. The van der Waals surface area contributed by atoms with E-state index in [4.69, 9.17) is 0 Å². The molecule has 1 saturated carbocycles. The molecule has 1 rings (SSSR count). The first-order chi connectivity index (χ1) is 5.54. The Morgan fingerprint density at radius 2 is 1.83 bits per heavy atom. The van der Waals surface area contributed by atoms with Gasteiger partial charge in [0, 0.05) is 5.92 Å². The Morgan fingerprint density at radius 3 is 2.08 bits per heavy atom. The van der Waals surface area contributed by atoms with Gasteiger partial charge in [-0.1, -0.05) is 13.8 Å². The normalized spacial score (nSPS) is 19.0. The molecule has 3 nitrogen and oxygen atoms in total. The highest BCUT2D eigenvalue weighted by Crippen LogP contribution is 2.49. The molecule has 0 aromatic heterocycles. The van der Waals surface area contributed by atoms with Gasteiger partial charge in [0.25, 0.3) is 0 Å². The number of carbonyl (C=O) groups is 2. The Labute approximate surface area is 72.1 Å². The molecule has 0 N–H and O–H groups in total. The Hall–Kier alpha value is -0.860. The zero-order chi connectivity index (χ0) is 9.35. The molecule has 0 aromatic carbocycles. The lowest BCUT2D eigenvalue weighted by Gasteiger charge is -2.13. The van der Waals surface area contributed by atoms with Gasteiger partial charge in [0.1, 0.15) is 5.41 Å². The van der Waals surface area contributed by atoms with E-state index in [9.17, 15) is 9.59 Å². The van der Waals surface area contributed by atoms with E-state index < -0.39 is 5.41 Å². The Balaban J connectivity index is 2.73. The van der Waals surface area contributed by atoms with Crippen LogP contribution in [0.3, 0.4) is 0 Å². The molecule has 0 spiro atoms. The quantitative estimate of drug-likeness (QED) is 0.471. The van der Waals surface area contributed by atoms with Crippen molar-refractivity contribution in [1.29, 1.82) is 0 Å². The Kier molecular flexibility index (Phi) is 2.22.